The smallest absolute Gasteiger partial charge is 0.310 e. The van der Waals surface area contributed by atoms with Crippen molar-refractivity contribution in [2.45, 2.75) is 26.4 Å². The molecule has 1 fully saturated rings. The average molecular weight is 316 g/mol. The van der Waals surface area contributed by atoms with Crippen LogP contribution in [0.2, 0.25) is 0 Å². The largest absolute Gasteiger partial charge is 0.466 e. The Morgan fingerprint density at radius 3 is 3.10 bits per heavy atom. The third kappa shape index (κ3) is 3.77. The number of hydrogen-bond acceptors (Lipinski definition) is 7. The van der Waals surface area contributed by atoms with Gasteiger partial charge in [0.05, 0.1) is 19.2 Å². The number of esters is 1. The van der Waals surface area contributed by atoms with Crippen LogP contribution in [0.25, 0.3) is 0 Å². The number of piperidine rings is 1. The summed E-state index contributed by atoms with van der Waals surface area (Å²) in [6.07, 6.45) is 1.90. The predicted molar refractivity (Wildman–Crippen MR) is 81.4 cm³/mol. The Morgan fingerprint density at radius 1 is 1.65 bits per heavy atom. The van der Waals surface area contributed by atoms with Gasteiger partial charge < -0.3 is 10.1 Å². The van der Waals surface area contributed by atoms with E-state index in [0.717, 1.165) is 28.5 Å². The van der Waals surface area contributed by atoms with Crippen molar-refractivity contribution in [1.29, 1.82) is 0 Å². The minimum absolute atomic E-state index is 0.0275. The number of ether oxygens (including phenoxy) is 1. The molecule has 0 aromatic carbocycles. The van der Waals surface area contributed by atoms with Crippen LogP contribution in [0.15, 0.2) is 0 Å². The third-order valence-corrected chi connectivity index (χ3v) is 4.60. The maximum atomic E-state index is 11.8. The van der Waals surface area contributed by atoms with E-state index < -0.39 is 0 Å². The SMILES string of the molecule is CCOC(=O)[C@@H]1CCCN(Cn2nc(NC)sc2=S)C1. The van der Waals surface area contributed by atoms with Crippen LogP contribution in [0, 0.1) is 9.87 Å². The second-order valence-electron chi connectivity index (χ2n) is 4.73. The molecule has 1 aromatic rings. The van der Waals surface area contributed by atoms with Gasteiger partial charge in [-0.05, 0) is 38.5 Å². The molecule has 0 spiro atoms. The highest BCUT2D eigenvalue weighted by atomic mass is 32.1. The van der Waals surface area contributed by atoms with Gasteiger partial charge in [-0.3, -0.25) is 9.69 Å². The van der Waals surface area contributed by atoms with Gasteiger partial charge in [0.25, 0.3) is 0 Å². The highest BCUT2D eigenvalue weighted by molar-refractivity contribution is 7.73. The Balaban J connectivity index is 1.97. The fourth-order valence-corrected chi connectivity index (χ4v) is 3.27. The zero-order valence-electron chi connectivity index (χ0n) is 11.8. The number of hydrogen-bond donors (Lipinski definition) is 1. The van der Waals surface area contributed by atoms with E-state index in [-0.39, 0.29) is 11.9 Å². The quantitative estimate of drug-likeness (QED) is 0.662. The summed E-state index contributed by atoms with van der Waals surface area (Å²) in [5, 5.41) is 8.20. The van der Waals surface area contributed by atoms with Crippen molar-refractivity contribution in [3.05, 3.63) is 3.95 Å². The van der Waals surface area contributed by atoms with Crippen molar-refractivity contribution in [3.8, 4) is 0 Å². The molecular formula is C12H20N4O2S2. The van der Waals surface area contributed by atoms with Crippen LogP contribution in [0.5, 0.6) is 0 Å². The lowest BCUT2D eigenvalue weighted by molar-refractivity contribution is -0.150. The van der Waals surface area contributed by atoms with Crippen molar-refractivity contribution in [2.75, 3.05) is 32.1 Å². The summed E-state index contributed by atoms with van der Waals surface area (Å²) in [7, 11) is 1.83. The molecule has 0 bridgehead atoms. The first-order chi connectivity index (χ1) is 9.63. The van der Waals surface area contributed by atoms with Crippen LogP contribution in [0.1, 0.15) is 19.8 Å². The van der Waals surface area contributed by atoms with E-state index in [1.54, 1.807) is 4.68 Å². The number of likely N-dealkylation sites (tertiary alicyclic amines) is 1. The van der Waals surface area contributed by atoms with E-state index in [0.29, 0.717) is 19.8 Å². The molecule has 112 valence electrons. The van der Waals surface area contributed by atoms with Gasteiger partial charge in [-0.1, -0.05) is 11.3 Å². The van der Waals surface area contributed by atoms with Crippen LogP contribution in [-0.2, 0) is 16.2 Å². The normalized spacial score (nSPS) is 19.8. The molecule has 0 unspecified atom stereocenters. The molecule has 20 heavy (non-hydrogen) atoms. The average Bonchev–Trinajstić information content (AvgIpc) is 2.80. The summed E-state index contributed by atoms with van der Waals surface area (Å²) in [5.41, 5.74) is 0. The molecule has 1 aromatic heterocycles. The monoisotopic (exact) mass is 316 g/mol. The van der Waals surface area contributed by atoms with Crippen molar-refractivity contribution >= 4 is 34.7 Å². The van der Waals surface area contributed by atoms with Crippen LogP contribution in [0.4, 0.5) is 5.13 Å². The van der Waals surface area contributed by atoms with E-state index in [2.05, 4.69) is 15.3 Å². The molecule has 0 radical (unpaired) electrons. The zero-order valence-corrected chi connectivity index (χ0v) is 13.4. The molecule has 0 amide bonds. The zero-order chi connectivity index (χ0) is 14.5. The molecule has 1 aliphatic rings. The summed E-state index contributed by atoms with van der Waals surface area (Å²) in [5.74, 6) is -0.115. The number of nitrogens with one attached hydrogen (secondary N) is 1. The molecule has 2 heterocycles. The van der Waals surface area contributed by atoms with E-state index in [1.165, 1.54) is 11.3 Å². The summed E-state index contributed by atoms with van der Waals surface area (Å²) in [4.78, 5) is 14.0. The molecule has 2 rings (SSSR count). The van der Waals surface area contributed by atoms with Crippen LogP contribution in [0.3, 0.4) is 0 Å². The highest BCUT2D eigenvalue weighted by Gasteiger charge is 2.27. The molecule has 0 saturated carbocycles. The summed E-state index contributed by atoms with van der Waals surface area (Å²) in [6, 6.07) is 0. The number of nitrogens with zero attached hydrogens (tertiary/aromatic N) is 3. The van der Waals surface area contributed by atoms with Gasteiger partial charge in [0, 0.05) is 13.6 Å². The van der Waals surface area contributed by atoms with Gasteiger partial charge in [0.15, 0.2) is 3.95 Å². The van der Waals surface area contributed by atoms with E-state index >= 15 is 0 Å². The first-order valence-electron chi connectivity index (χ1n) is 6.78. The molecular weight excluding hydrogens is 296 g/mol. The van der Waals surface area contributed by atoms with E-state index in [4.69, 9.17) is 17.0 Å². The predicted octanol–water partition coefficient (Wildman–Crippen LogP) is 1.95. The van der Waals surface area contributed by atoms with Gasteiger partial charge in [-0.25, -0.2) is 4.68 Å². The summed E-state index contributed by atoms with van der Waals surface area (Å²) >= 11 is 6.75. The molecule has 6 nitrogen and oxygen atoms in total. The van der Waals surface area contributed by atoms with Crippen LogP contribution >= 0.6 is 23.6 Å². The highest BCUT2D eigenvalue weighted by Crippen LogP contribution is 2.20. The maximum absolute atomic E-state index is 11.8. The van der Waals surface area contributed by atoms with Crippen molar-refractivity contribution < 1.29 is 9.53 Å². The lowest BCUT2D eigenvalue weighted by Gasteiger charge is -2.31. The Hall–Kier alpha value is -0.990. The fourth-order valence-electron chi connectivity index (χ4n) is 2.32. The lowest BCUT2D eigenvalue weighted by Crippen LogP contribution is -2.40. The topological polar surface area (TPSA) is 59.4 Å². The minimum atomic E-state index is -0.0880. The molecule has 8 heteroatoms. The minimum Gasteiger partial charge on any atom is -0.466 e. The molecule has 1 N–H and O–H groups in total. The Kier molecular flexibility index (Phi) is 5.50. The second kappa shape index (κ2) is 7.14. The number of aromatic nitrogens is 2. The van der Waals surface area contributed by atoms with Gasteiger partial charge in [-0.15, -0.1) is 5.10 Å². The molecule has 1 atom stereocenters. The van der Waals surface area contributed by atoms with Gasteiger partial charge in [0.1, 0.15) is 0 Å². The first-order valence-corrected chi connectivity index (χ1v) is 8.01. The Bertz CT molecular complexity index is 514. The number of carbonyl (C=O) groups is 1. The van der Waals surface area contributed by atoms with Crippen molar-refractivity contribution in [2.24, 2.45) is 5.92 Å². The molecule has 1 saturated heterocycles. The summed E-state index contributed by atoms with van der Waals surface area (Å²) < 4.78 is 7.66. The molecule has 1 aliphatic heterocycles. The number of rotatable bonds is 5. The summed E-state index contributed by atoms with van der Waals surface area (Å²) in [6.45, 7) is 4.59. The number of carbonyl (C=O) groups excluding carboxylic acids is 1. The van der Waals surface area contributed by atoms with Gasteiger partial charge >= 0.3 is 5.97 Å². The standard InChI is InChI=1S/C12H20N4O2S2/c1-3-18-10(17)9-5-4-6-15(7-9)8-16-12(19)20-11(13-2)14-16/h9H,3-8H2,1-2H3,(H,13,14)/t9-/m1/s1. The Labute approximate surface area is 127 Å². The number of anilines is 1. The van der Waals surface area contributed by atoms with Gasteiger partial charge in [-0.2, -0.15) is 0 Å². The van der Waals surface area contributed by atoms with Crippen LogP contribution < -0.4 is 5.32 Å². The second-order valence-corrected chi connectivity index (χ2v) is 6.35. The van der Waals surface area contributed by atoms with Crippen molar-refractivity contribution in [1.82, 2.24) is 14.7 Å². The first kappa shape index (κ1) is 15.4. The van der Waals surface area contributed by atoms with Gasteiger partial charge in [0.2, 0.25) is 5.13 Å². The van der Waals surface area contributed by atoms with Crippen molar-refractivity contribution in [3.63, 3.8) is 0 Å². The Morgan fingerprint density at radius 2 is 2.45 bits per heavy atom. The lowest BCUT2D eigenvalue weighted by atomic mass is 9.99. The maximum Gasteiger partial charge on any atom is 0.310 e. The fraction of sp³-hybridized carbons (Fsp3) is 0.750. The van der Waals surface area contributed by atoms with E-state index in [1.807, 2.05) is 14.0 Å². The molecule has 0 aliphatic carbocycles. The van der Waals surface area contributed by atoms with Crippen LogP contribution in [-0.4, -0.2) is 47.4 Å². The third-order valence-electron chi connectivity index (χ3n) is 3.28. The van der Waals surface area contributed by atoms with E-state index in [9.17, 15) is 4.79 Å².